The van der Waals surface area contributed by atoms with E-state index in [0.717, 1.165) is 48.6 Å². The fourth-order valence-electron chi connectivity index (χ4n) is 4.33. The van der Waals surface area contributed by atoms with Gasteiger partial charge in [-0.2, -0.15) is 18.2 Å². The summed E-state index contributed by atoms with van der Waals surface area (Å²) in [6.45, 7) is 4.80. The van der Waals surface area contributed by atoms with Crippen molar-refractivity contribution < 1.29 is 32.0 Å². The van der Waals surface area contributed by atoms with E-state index >= 15 is 0 Å². The van der Waals surface area contributed by atoms with Crippen molar-refractivity contribution >= 4 is 22.8 Å². The Morgan fingerprint density at radius 2 is 1.68 bits per heavy atom. The van der Waals surface area contributed by atoms with E-state index in [0.29, 0.717) is 22.1 Å². The fraction of sp³-hybridized carbons (Fsp3) is 0.250. The molecular formula is C32H28F3NO4. The first-order chi connectivity index (χ1) is 19.1. The minimum absolute atomic E-state index is 0.0256. The molecule has 0 saturated carbocycles. The molecule has 5 nitrogen and oxygen atoms in total. The maximum absolute atomic E-state index is 13.4. The minimum atomic E-state index is -4.54. The number of hydrogen-bond donors (Lipinski definition) is 0. The SMILES string of the molecule is CCCc1ccc(C#Cc2coc3ccc(CN(OC(C)=O)C(=O)c4ccc(C(F)(F)F)cc4CC)cc23)cc1. The largest absolute Gasteiger partial charge is 0.463 e. The molecule has 0 saturated heterocycles. The summed E-state index contributed by atoms with van der Waals surface area (Å²) in [5, 5.41) is 1.57. The molecule has 0 aliphatic heterocycles. The van der Waals surface area contributed by atoms with Crippen molar-refractivity contribution in [2.24, 2.45) is 0 Å². The molecule has 8 heteroatoms. The molecule has 0 bridgehead atoms. The van der Waals surface area contributed by atoms with E-state index in [2.05, 4.69) is 30.9 Å². The van der Waals surface area contributed by atoms with E-state index < -0.39 is 23.6 Å². The topological polar surface area (TPSA) is 59.8 Å². The molecule has 3 aromatic carbocycles. The molecular weight excluding hydrogens is 519 g/mol. The number of benzene rings is 3. The van der Waals surface area contributed by atoms with E-state index in [1.807, 2.05) is 12.1 Å². The number of carbonyl (C=O) groups is 2. The van der Waals surface area contributed by atoms with Gasteiger partial charge in [0.2, 0.25) is 0 Å². The zero-order valence-electron chi connectivity index (χ0n) is 22.4. The second kappa shape index (κ2) is 12.1. The Morgan fingerprint density at radius 3 is 2.33 bits per heavy atom. The number of furan rings is 1. The number of aryl methyl sites for hydroxylation is 2. The van der Waals surface area contributed by atoms with Crippen molar-refractivity contribution in [1.82, 2.24) is 5.06 Å². The van der Waals surface area contributed by atoms with E-state index in [1.165, 1.54) is 5.56 Å². The number of carbonyl (C=O) groups excluding carboxylic acids is 2. The van der Waals surface area contributed by atoms with Crippen LogP contribution in [-0.4, -0.2) is 16.9 Å². The van der Waals surface area contributed by atoms with Crippen LogP contribution >= 0.6 is 0 Å². The van der Waals surface area contributed by atoms with E-state index in [9.17, 15) is 22.8 Å². The van der Waals surface area contributed by atoms with Crippen molar-refractivity contribution in [3.8, 4) is 11.8 Å². The normalized spacial score (nSPS) is 11.2. The van der Waals surface area contributed by atoms with Gasteiger partial charge in [-0.05, 0) is 72.0 Å². The van der Waals surface area contributed by atoms with Crippen molar-refractivity contribution in [2.45, 2.75) is 52.8 Å². The first-order valence-electron chi connectivity index (χ1n) is 12.9. The summed E-state index contributed by atoms with van der Waals surface area (Å²) < 4.78 is 45.2. The molecule has 1 aromatic heterocycles. The molecule has 0 unspecified atom stereocenters. The summed E-state index contributed by atoms with van der Waals surface area (Å²) in [5.74, 6) is 4.81. The quantitative estimate of drug-likeness (QED) is 0.185. The van der Waals surface area contributed by atoms with Crippen LogP contribution in [-0.2, 0) is 35.2 Å². The van der Waals surface area contributed by atoms with Crippen LogP contribution in [0.2, 0.25) is 0 Å². The molecule has 0 fully saturated rings. The number of amides is 1. The monoisotopic (exact) mass is 547 g/mol. The lowest BCUT2D eigenvalue weighted by Crippen LogP contribution is -2.33. The Kier molecular flexibility index (Phi) is 8.64. The van der Waals surface area contributed by atoms with Crippen LogP contribution < -0.4 is 0 Å². The Balaban J connectivity index is 1.62. The summed E-state index contributed by atoms with van der Waals surface area (Å²) in [6.07, 6.45) is -0.728. The van der Waals surface area contributed by atoms with Gasteiger partial charge in [-0.1, -0.05) is 50.3 Å². The van der Waals surface area contributed by atoms with Gasteiger partial charge in [0.05, 0.1) is 17.7 Å². The number of hydrogen-bond acceptors (Lipinski definition) is 4. The molecule has 40 heavy (non-hydrogen) atoms. The van der Waals surface area contributed by atoms with Gasteiger partial charge in [0.1, 0.15) is 11.8 Å². The molecule has 4 aromatic rings. The van der Waals surface area contributed by atoms with Crippen LogP contribution in [0.4, 0.5) is 13.2 Å². The zero-order valence-corrected chi connectivity index (χ0v) is 22.4. The lowest BCUT2D eigenvalue weighted by molar-refractivity contribution is -0.177. The summed E-state index contributed by atoms with van der Waals surface area (Å²) in [7, 11) is 0. The Bertz CT molecular complexity index is 1590. The van der Waals surface area contributed by atoms with E-state index in [-0.39, 0.29) is 24.1 Å². The van der Waals surface area contributed by atoms with Gasteiger partial charge in [0, 0.05) is 23.4 Å². The third-order valence-electron chi connectivity index (χ3n) is 6.31. The summed E-state index contributed by atoms with van der Waals surface area (Å²) >= 11 is 0. The number of halogens is 3. The third-order valence-corrected chi connectivity index (χ3v) is 6.31. The van der Waals surface area contributed by atoms with Gasteiger partial charge in [0.15, 0.2) is 0 Å². The van der Waals surface area contributed by atoms with Crippen molar-refractivity contribution in [2.75, 3.05) is 0 Å². The van der Waals surface area contributed by atoms with Crippen molar-refractivity contribution in [3.63, 3.8) is 0 Å². The number of hydroxylamine groups is 2. The molecule has 0 aliphatic carbocycles. The van der Waals surface area contributed by atoms with Crippen molar-refractivity contribution in [3.05, 3.63) is 106 Å². The highest BCUT2D eigenvalue weighted by atomic mass is 19.4. The number of nitrogens with zero attached hydrogens (tertiary/aromatic N) is 1. The van der Waals surface area contributed by atoms with Crippen LogP contribution in [0.25, 0.3) is 11.0 Å². The van der Waals surface area contributed by atoms with Gasteiger partial charge in [-0.25, -0.2) is 0 Å². The first kappa shape index (κ1) is 28.5. The summed E-state index contributed by atoms with van der Waals surface area (Å²) in [4.78, 5) is 30.4. The van der Waals surface area contributed by atoms with Crippen LogP contribution in [0.3, 0.4) is 0 Å². The van der Waals surface area contributed by atoms with Gasteiger partial charge in [-0.3, -0.25) is 9.59 Å². The molecule has 0 atom stereocenters. The second-order valence-electron chi connectivity index (χ2n) is 9.32. The van der Waals surface area contributed by atoms with Gasteiger partial charge in [0.25, 0.3) is 5.91 Å². The highest BCUT2D eigenvalue weighted by Crippen LogP contribution is 2.31. The van der Waals surface area contributed by atoms with Crippen LogP contribution in [0, 0.1) is 11.8 Å². The zero-order chi connectivity index (χ0) is 28.9. The fourth-order valence-corrected chi connectivity index (χ4v) is 4.33. The third kappa shape index (κ3) is 6.73. The predicted molar refractivity (Wildman–Crippen MR) is 145 cm³/mol. The van der Waals surface area contributed by atoms with Gasteiger partial charge >= 0.3 is 12.1 Å². The summed E-state index contributed by atoms with van der Waals surface area (Å²) in [5.41, 5.74) is 3.33. The maximum atomic E-state index is 13.4. The molecule has 4 rings (SSSR count). The van der Waals surface area contributed by atoms with Gasteiger partial charge in [-0.15, -0.1) is 0 Å². The van der Waals surface area contributed by atoms with E-state index in [1.54, 1.807) is 31.4 Å². The average Bonchev–Trinajstić information content (AvgIpc) is 3.33. The Labute approximate surface area is 230 Å². The molecule has 0 spiro atoms. The lowest BCUT2D eigenvalue weighted by atomic mass is 10.0. The molecule has 0 aliphatic rings. The summed E-state index contributed by atoms with van der Waals surface area (Å²) in [6, 6.07) is 16.2. The molecule has 1 heterocycles. The lowest BCUT2D eigenvalue weighted by Gasteiger charge is -2.22. The minimum Gasteiger partial charge on any atom is -0.463 e. The van der Waals surface area contributed by atoms with Crippen molar-refractivity contribution in [1.29, 1.82) is 0 Å². The van der Waals surface area contributed by atoms with E-state index in [4.69, 9.17) is 9.25 Å². The maximum Gasteiger partial charge on any atom is 0.416 e. The standard InChI is InChI=1S/C32H28F3NO4/c1-4-6-22-7-9-23(10-8-22)11-13-26-20-39-30-16-12-24(17-29(26)30)19-36(40-21(3)37)31(38)28-15-14-27(32(33,34)35)18-25(28)5-2/h7-10,12,14-18,20H,4-6,19H2,1-3H3. The highest BCUT2D eigenvalue weighted by Gasteiger charge is 2.32. The highest BCUT2D eigenvalue weighted by molar-refractivity contribution is 5.96. The van der Waals surface area contributed by atoms with Crippen LogP contribution in [0.1, 0.15) is 70.9 Å². The number of rotatable bonds is 6. The second-order valence-corrected chi connectivity index (χ2v) is 9.32. The first-order valence-corrected chi connectivity index (χ1v) is 12.9. The predicted octanol–water partition coefficient (Wildman–Crippen LogP) is 7.49. The Morgan fingerprint density at radius 1 is 0.950 bits per heavy atom. The number of fused-ring (bicyclic) bond motifs is 1. The number of alkyl halides is 3. The van der Waals surface area contributed by atoms with Crippen LogP contribution in [0.15, 0.2) is 71.3 Å². The van der Waals surface area contributed by atoms with Gasteiger partial charge < -0.3 is 9.25 Å². The molecule has 1 amide bonds. The average molecular weight is 548 g/mol. The molecule has 0 radical (unpaired) electrons. The molecule has 206 valence electrons. The molecule has 0 N–H and O–H groups in total. The van der Waals surface area contributed by atoms with Crippen LogP contribution in [0.5, 0.6) is 0 Å². The smallest absolute Gasteiger partial charge is 0.416 e. The Hall–Kier alpha value is -4.51.